The van der Waals surface area contributed by atoms with Gasteiger partial charge in [0.25, 0.3) is 5.91 Å². The van der Waals surface area contributed by atoms with Gasteiger partial charge in [0, 0.05) is 68.0 Å². The summed E-state index contributed by atoms with van der Waals surface area (Å²) in [6.45, 7) is 5.36. The van der Waals surface area contributed by atoms with Crippen LogP contribution in [-0.2, 0) is 9.53 Å². The first kappa shape index (κ1) is 29.2. The Hall–Kier alpha value is -3.93. The Balaban J connectivity index is 1.40. The van der Waals surface area contributed by atoms with Crippen molar-refractivity contribution >= 4 is 45.0 Å². The predicted octanol–water partition coefficient (Wildman–Crippen LogP) is 4.87. The Morgan fingerprint density at radius 3 is 2.58 bits per heavy atom. The molecule has 0 spiro atoms. The van der Waals surface area contributed by atoms with Crippen molar-refractivity contribution in [1.29, 1.82) is 0 Å². The second kappa shape index (κ2) is 12.0. The molecule has 12 heteroatoms. The number of carbonyl (C=O) groups is 1. The maximum atomic E-state index is 16.5. The van der Waals surface area contributed by atoms with E-state index in [4.69, 9.17) is 21.1 Å². The number of ether oxygens (including phenoxy) is 2. The van der Waals surface area contributed by atoms with E-state index >= 15 is 4.39 Å². The van der Waals surface area contributed by atoms with Crippen molar-refractivity contribution < 1.29 is 23.0 Å². The maximum absolute atomic E-state index is 16.5. The molecule has 4 heterocycles. The predicted molar refractivity (Wildman–Crippen MR) is 162 cm³/mol. The van der Waals surface area contributed by atoms with Crippen molar-refractivity contribution in [3.05, 3.63) is 65.8 Å². The van der Waals surface area contributed by atoms with Gasteiger partial charge in [-0.1, -0.05) is 48.5 Å². The highest BCUT2D eigenvalue weighted by molar-refractivity contribution is 6.36. The van der Waals surface area contributed by atoms with Crippen LogP contribution in [0.2, 0.25) is 5.02 Å². The minimum absolute atomic E-state index is 0.0272. The zero-order valence-electron chi connectivity index (χ0n) is 23.9. The topological polar surface area (TPSA) is 83.9 Å². The Kier molecular flexibility index (Phi) is 8.13. The number of anilines is 1. The van der Waals surface area contributed by atoms with Crippen LogP contribution in [0.15, 0.2) is 55.0 Å². The van der Waals surface area contributed by atoms with Crippen molar-refractivity contribution in [3.8, 4) is 17.3 Å². The summed E-state index contributed by atoms with van der Waals surface area (Å²) in [6, 6.07) is 11.1. The van der Waals surface area contributed by atoms with E-state index in [0.717, 1.165) is 18.4 Å². The molecule has 4 aromatic rings. The average molecular weight is 609 g/mol. The molecule has 43 heavy (non-hydrogen) atoms. The quantitative estimate of drug-likeness (QED) is 0.275. The van der Waals surface area contributed by atoms with Crippen molar-refractivity contribution in [2.24, 2.45) is 0 Å². The van der Waals surface area contributed by atoms with Crippen LogP contribution in [0.3, 0.4) is 0 Å². The number of likely N-dealkylation sites (tertiary alicyclic amines) is 1. The van der Waals surface area contributed by atoms with Crippen molar-refractivity contribution in [2.75, 3.05) is 58.4 Å². The summed E-state index contributed by atoms with van der Waals surface area (Å²) in [5.41, 5.74) is 0.707. The SMILES string of the molecule is C=C(F)C(=O)N1CCN(c2nc(OC[C@@H]3C[C@@H](OC)CN3C)nc3c(F)c(-c4cccc5cccc(Cl)c45)ncc23)CC1. The molecule has 1 amide bonds. The number of nitrogens with zero attached hydrogens (tertiary/aromatic N) is 6. The zero-order valence-corrected chi connectivity index (χ0v) is 24.7. The lowest BCUT2D eigenvalue weighted by molar-refractivity contribution is -0.128. The van der Waals surface area contributed by atoms with Crippen LogP contribution in [0.4, 0.5) is 14.6 Å². The fraction of sp³-hybridized carbons (Fsp3) is 0.355. The molecule has 9 nitrogen and oxygen atoms in total. The van der Waals surface area contributed by atoms with Gasteiger partial charge >= 0.3 is 6.01 Å². The van der Waals surface area contributed by atoms with Gasteiger partial charge in [0.15, 0.2) is 11.6 Å². The van der Waals surface area contributed by atoms with Crippen LogP contribution in [0.1, 0.15) is 6.42 Å². The third kappa shape index (κ3) is 5.60. The minimum Gasteiger partial charge on any atom is -0.462 e. The number of hydrogen-bond donors (Lipinski definition) is 0. The highest BCUT2D eigenvalue weighted by Crippen LogP contribution is 2.37. The molecule has 2 aliphatic heterocycles. The lowest BCUT2D eigenvalue weighted by atomic mass is 10.0. The third-order valence-electron chi connectivity index (χ3n) is 8.24. The normalized spacial score (nSPS) is 19.4. The van der Waals surface area contributed by atoms with Crippen LogP contribution < -0.4 is 9.64 Å². The summed E-state index contributed by atoms with van der Waals surface area (Å²) in [5.74, 6) is -1.94. The number of fused-ring (bicyclic) bond motifs is 2. The number of rotatable bonds is 7. The molecular weight excluding hydrogens is 578 g/mol. The molecule has 2 atom stereocenters. The molecule has 0 aliphatic carbocycles. The summed E-state index contributed by atoms with van der Waals surface area (Å²) in [5, 5.41) is 2.43. The number of aromatic nitrogens is 3. The fourth-order valence-electron chi connectivity index (χ4n) is 5.87. The molecule has 0 radical (unpaired) electrons. The summed E-state index contributed by atoms with van der Waals surface area (Å²) in [6.07, 6.45) is 2.44. The molecule has 0 bridgehead atoms. The number of amides is 1. The average Bonchev–Trinajstić information content (AvgIpc) is 3.39. The molecule has 0 unspecified atom stereocenters. The summed E-state index contributed by atoms with van der Waals surface area (Å²) in [4.78, 5) is 31.3. The van der Waals surface area contributed by atoms with E-state index < -0.39 is 17.6 Å². The molecule has 0 N–H and O–H groups in total. The minimum atomic E-state index is -1.00. The Bertz CT molecular complexity index is 1710. The molecule has 224 valence electrons. The smallest absolute Gasteiger partial charge is 0.319 e. The molecule has 2 aromatic heterocycles. The molecule has 2 fully saturated rings. The van der Waals surface area contributed by atoms with Gasteiger partial charge in [-0.3, -0.25) is 14.7 Å². The first-order chi connectivity index (χ1) is 20.7. The summed E-state index contributed by atoms with van der Waals surface area (Å²) < 4.78 is 41.6. The van der Waals surface area contributed by atoms with Gasteiger partial charge in [0.1, 0.15) is 23.6 Å². The lowest BCUT2D eigenvalue weighted by Gasteiger charge is -2.35. The van der Waals surface area contributed by atoms with E-state index in [2.05, 4.69) is 26.4 Å². The van der Waals surface area contributed by atoms with Crippen molar-refractivity contribution in [2.45, 2.75) is 18.6 Å². The van der Waals surface area contributed by atoms with Gasteiger partial charge in [-0.05, 0) is 24.9 Å². The number of likely N-dealkylation sites (N-methyl/N-ethyl adjacent to an activating group) is 1. The molecule has 2 aliphatic rings. The maximum Gasteiger partial charge on any atom is 0.319 e. The molecule has 2 aromatic carbocycles. The standard InChI is InChI=1S/C31H31ClF2N6O3/c1-18(33)30(41)40-12-10-39(11-13-40)29-23-15-35-27(22-8-4-6-19-7-5-9-24(32)25(19)22)26(34)28(23)36-31(37-29)43-17-20-14-21(42-3)16-38(20)2/h4-9,15,20-21H,1,10-14,16-17H2,2-3H3/t20-,21+/m0/s1. The molecule has 2 saturated heterocycles. The monoisotopic (exact) mass is 608 g/mol. The summed E-state index contributed by atoms with van der Waals surface area (Å²) >= 11 is 6.55. The van der Waals surface area contributed by atoms with Gasteiger partial charge in [-0.2, -0.15) is 9.97 Å². The van der Waals surface area contributed by atoms with Gasteiger partial charge < -0.3 is 19.3 Å². The van der Waals surface area contributed by atoms with Gasteiger partial charge in [-0.25, -0.2) is 8.78 Å². The number of piperazine rings is 1. The summed E-state index contributed by atoms with van der Waals surface area (Å²) in [7, 11) is 3.69. The zero-order chi connectivity index (χ0) is 30.2. The highest BCUT2D eigenvalue weighted by atomic mass is 35.5. The van der Waals surface area contributed by atoms with E-state index in [0.29, 0.717) is 46.9 Å². The highest BCUT2D eigenvalue weighted by Gasteiger charge is 2.31. The third-order valence-corrected chi connectivity index (χ3v) is 8.55. The molecule has 0 saturated carbocycles. The first-order valence-electron chi connectivity index (χ1n) is 14.0. The van der Waals surface area contributed by atoms with Crippen LogP contribution >= 0.6 is 11.6 Å². The fourth-order valence-corrected chi connectivity index (χ4v) is 6.15. The number of carbonyl (C=O) groups excluding carboxylic acids is 1. The molecular formula is C31H31ClF2N6O3. The Morgan fingerprint density at radius 1 is 1.14 bits per heavy atom. The number of halogens is 3. The Morgan fingerprint density at radius 2 is 1.88 bits per heavy atom. The van der Waals surface area contributed by atoms with E-state index in [9.17, 15) is 9.18 Å². The van der Waals surface area contributed by atoms with Crippen LogP contribution in [0, 0.1) is 5.82 Å². The number of hydrogen-bond acceptors (Lipinski definition) is 8. The number of pyridine rings is 1. The van der Waals surface area contributed by atoms with Crippen LogP contribution in [0.5, 0.6) is 6.01 Å². The molecule has 6 rings (SSSR count). The first-order valence-corrected chi connectivity index (χ1v) is 14.4. The van der Waals surface area contributed by atoms with Crippen LogP contribution in [0.25, 0.3) is 32.9 Å². The van der Waals surface area contributed by atoms with Gasteiger partial charge in [0.05, 0.1) is 11.5 Å². The van der Waals surface area contributed by atoms with Crippen molar-refractivity contribution in [3.63, 3.8) is 0 Å². The van der Waals surface area contributed by atoms with E-state index in [1.165, 1.54) is 4.90 Å². The second-order valence-electron chi connectivity index (χ2n) is 10.8. The second-order valence-corrected chi connectivity index (χ2v) is 11.2. The van der Waals surface area contributed by atoms with E-state index in [1.54, 1.807) is 25.4 Å². The number of benzene rings is 2. The lowest BCUT2D eigenvalue weighted by Crippen LogP contribution is -2.49. The van der Waals surface area contributed by atoms with Crippen molar-refractivity contribution in [1.82, 2.24) is 24.8 Å². The van der Waals surface area contributed by atoms with E-state index in [-0.39, 0.29) is 42.5 Å². The van der Waals surface area contributed by atoms with Crippen LogP contribution in [-0.4, -0.2) is 96.3 Å². The largest absolute Gasteiger partial charge is 0.462 e. The van der Waals surface area contributed by atoms with Gasteiger partial charge in [-0.15, -0.1) is 0 Å². The van der Waals surface area contributed by atoms with Gasteiger partial charge in [0.2, 0.25) is 0 Å². The Labute approximate surface area is 252 Å². The van der Waals surface area contributed by atoms with E-state index in [1.807, 2.05) is 36.2 Å². The number of methoxy groups -OCH3 is 1.